The maximum Gasteiger partial charge on any atom is 0.271 e. The molecule has 0 fully saturated rings. The van der Waals surface area contributed by atoms with Crippen LogP contribution in [0.15, 0.2) is 47.6 Å². The number of anilines is 1. The normalized spacial score (nSPS) is 11.3. The van der Waals surface area contributed by atoms with Gasteiger partial charge in [0.15, 0.2) is 11.5 Å². The Bertz CT molecular complexity index is 853. The standard InChI is InChI=1S/C20H23N3O4/c1-20(2,3)19(26)22-15-8-6-14(7-9-15)18(25)23-21-12-13-5-10-17(27-4)16(24)11-13/h5-12,24H,1-4H3,(H,22,26)(H,23,25)/b21-12+. The Balaban J connectivity index is 1.96. The van der Waals surface area contributed by atoms with E-state index in [1.807, 2.05) is 20.8 Å². The Morgan fingerprint density at radius 3 is 2.33 bits per heavy atom. The molecular weight excluding hydrogens is 346 g/mol. The van der Waals surface area contributed by atoms with Crippen LogP contribution in [0.2, 0.25) is 0 Å². The van der Waals surface area contributed by atoms with Crippen LogP contribution in [-0.2, 0) is 4.79 Å². The van der Waals surface area contributed by atoms with E-state index in [1.54, 1.807) is 36.4 Å². The lowest BCUT2D eigenvalue weighted by molar-refractivity contribution is -0.123. The van der Waals surface area contributed by atoms with Gasteiger partial charge in [-0.15, -0.1) is 0 Å². The molecule has 27 heavy (non-hydrogen) atoms. The highest BCUT2D eigenvalue weighted by atomic mass is 16.5. The average molecular weight is 369 g/mol. The van der Waals surface area contributed by atoms with Gasteiger partial charge in [0.1, 0.15) is 0 Å². The van der Waals surface area contributed by atoms with Gasteiger partial charge in [-0.1, -0.05) is 20.8 Å². The molecule has 7 heteroatoms. The van der Waals surface area contributed by atoms with Gasteiger partial charge in [-0.2, -0.15) is 5.10 Å². The smallest absolute Gasteiger partial charge is 0.271 e. The van der Waals surface area contributed by atoms with Crippen LogP contribution < -0.4 is 15.5 Å². The van der Waals surface area contributed by atoms with Crippen molar-refractivity contribution in [2.24, 2.45) is 10.5 Å². The molecular formula is C20H23N3O4. The Morgan fingerprint density at radius 1 is 1.11 bits per heavy atom. The van der Waals surface area contributed by atoms with E-state index in [9.17, 15) is 14.7 Å². The van der Waals surface area contributed by atoms with Crippen molar-refractivity contribution in [3.8, 4) is 11.5 Å². The topological polar surface area (TPSA) is 100 Å². The van der Waals surface area contributed by atoms with Crippen molar-refractivity contribution in [1.29, 1.82) is 0 Å². The second-order valence-corrected chi connectivity index (χ2v) is 6.91. The molecule has 0 aliphatic heterocycles. The summed E-state index contributed by atoms with van der Waals surface area (Å²) in [5.41, 5.74) is 3.53. The molecule has 0 unspecified atom stereocenters. The van der Waals surface area contributed by atoms with E-state index in [1.165, 1.54) is 19.4 Å². The molecule has 2 aromatic rings. The Kier molecular flexibility index (Phi) is 6.18. The van der Waals surface area contributed by atoms with Crippen molar-refractivity contribution in [1.82, 2.24) is 5.43 Å². The molecule has 0 heterocycles. The van der Waals surface area contributed by atoms with Crippen LogP contribution in [0.5, 0.6) is 11.5 Å². The number of nitrogens with one attached hydrogen (secondary N) is 2. The van der Waals surface area contributed by atoms with E-state index < -0.39 is 11.3 Å². The third-order valence-corrected chi connectivity index (χ3v) is 3.67. The number of nitrogens with zero attached hydrogens (tertiary/aromatic N) is 1. The number of hydrogen-bond acceptors (Lipinski definition) is 5. The maximum atomic E-state index is 12.1. The molecule has 0 saturated heterocycles. The highest BCUT2D eigenvalue weighted by Gasteiger charge is 2.21. The molecule has 0 spiro atoms. The fourth-order valence-electron chi connectivity index (χ4n) is 2.04. The quantitative estimate of drug-likeness (QED) is 0.557. The number of carbonyl (C=O) groups is 2. The van der Waals surface area contributed by atoms with Gasteiger partial charge in [0, 0.05) is 16.7 Å². The highest BCUT2D eigenvalue weighted by molar-refractivity contribution is 5.97. The van der Waals surface area contributed by atoms with E-state index in [4.69, 9.17) is 4.74 Å². The molecule has 0 radical (unpaired) electrons. The van der Waals surface area contributed by atoms with Crippen LogP contribution in [-0.4, -0.2) is 30.2 Å². The summed E-state index contributed by atoms with van der Waals surface area (Å²) >= 11 is 0. The number of methoxy groups -OCH3 is 1. The number of amides is 2. The first kappa shape index (κ1) is 20.0. The fourth-order valence-corrected chi connectivity index (χ4v) is 2.04. The van der Waals surface area contributed by atoms with Gasteiger partial charge >= 0.3 is 0 Å². The van der Waals surface area contributed by atoms with Crippen molar-refractivity contribution in [3.63, 3.8) is 0 Å². The van der Waals surface area contributed by atoms with Gasteiger partial charge in [0.05, 0.1) is 13.3 Å². The number of ether oxygens (including phenoxy) is 1. The summed E-state index contributed by atoms with van der Waals surface area (Å²) < 4.78 is 4.96. The van der Waals surface area contributed by atoms with Crippen LogP contribution in [0.1, 0.15) is 36.7 Å². The van der Waals surface area contributed by atoms with E-state index in [2.05, 4.69) is 15.8 Å². The molecule has 7 nitrogen and oxygen atoms in total. The minimum Gasteiger partial charge on any atom is -0.504 e. The zero-order chi connectivity index (χ0) is 20.0. The number of benzene rings is 2. The van der Waals surface area contributed by atoms with Crippen molar-refractivity contribution < 1.29 is 19.4 Å². The zero-order valence-corrected chi connectivity index (χ0v) is 15.7. The van der Waals surface area contributed by atoms with Gasteiger partial charge in [-0.25, -0.2) is 5.43 Å². The van der Waals surface area contributed by atoms with E-state index in [0.717, 1.165) is 0 Å². The number of hydrazone groups is 1. The van der Waals surface area contributed by atoms with Crippen LogP contribution in [0.25, 0.3) is 0 Å². The fraction of sp³-hybridized carbons (Fsp3) is 0.250. The summed E-state index contributed by atoms with van der Waals surface area (Å²) in [6.07, 6.45) is 1.41. The Hall–Kier alpha value is -3.35. The van der Waals surface area contributed by atoms with E-state index in [0.29, 0.717) is 22.6 Å². The molecule has 0 bridgehead atoms. The molecule has 0 aliphatic rings. The van der Waals surface area contributed by atoms with Gasteiger partial charge in [0.2, 0.25) is 5.91 Å². The van der Waals surface area contributed by atoms with Gasteiger partial charge in [0.25, 0.3) is 5.91 Å². The highest BCUT2D eigenvalue weighted by Crippen LogP contribution is 2.25. The van der Waals surface area contributed by atoms with Crippen molar-refractivity contribution in [2.45, 2.75) is 20.8 Å². The summed E-state index contributed by atoms with van der Waals surface area (Å²) in [5.74, 6) is -0.153. The monoisotopic (exact) mass is 369 g/mol. The number of rotatable bonds is 5. The van der Waals surface area contributed by atoms with Gasteiger partial charge in [-0.3, -0.25) is 9.59 Å². The Labute approximate surface area is 158 Å². The SMILES string of the molecule is COc1ccc(/C=N/NC(=O)c2ccc(NC(=O)C(C)(C)C)cc2)cc1O. The molecule has 2 amide bonds. The molecule has 142 valence electrons. The molecule has 0 aliphatic carbocycles. The summed E-state index contributed by atoms with van der Waals surface area (Å²) in [6, 6.07) is 11.3. The van der Waals surface area contributed by atoms with Crippen molar-refractivity contribution >= 4 is 23.7 Å². The number of phenols is 1. The lowest BCUT2D eigenvalue weighted by Gasteiger charge is -2.17. The first-order chi connectivity index (χ1) is 12.7. The molecule has 2 rings (SSSR count). The van der Waals surface area contributed by atoms with Crippen LogP contribution >= 0.6 is 0 Å². The molecule has 0 saturated carbocycles. The minimum atomic E-state index is -0.499. The predicted octanol–water partition coefficient (Wildman–Crippen LogP) is 3.15. The molecule has 3 N–H and O–H groups in total. The van der Waals surface area contributed by atoms with Crippen molar-refractivity contribution in [2.75, 3.05) is 12.4 Å². The van der Waals surface area contributed by atoms with E-state index in [-0.39, 0.29) is 11.7 Å². The number of hydrogen-bond donors (Lipinski definition) is 3. The first-order valence-corrected chi connectivity index (χ1v) is 8.32. The molecule has 0 aromatic heterocycles. The number of phenolic OH excluding ortho intramolecular Hbond substituents is 1. The summed E-state index contributed by atoms with van der Waals surface area (Å²) in [7, 11) is 1.46. The summed E-state index contributed by atoms with van der Waals surface area (Å²) in [4.78, 5) is 24.1. The lowest BCUT2D eigenvalue weighted by Crippen LogP contribution is -2.27. The van der Waals surface area contributed by atoms with Crippen LogP contribution in [0.4, 0.5) is 5.69 Å². The van der Waals surface area contributed by atoms with Crippen LogP contribution in [0, 0.1) is 5.41 Å². The first-order valence-electron chi connectivity index (χ1n) is 8.32. The minimum absolute atomic E-state index is 0.0133. The van der Waals surface area contributed by atoms with Crippen LogP contribution in [0.3, 0.4) is 0 Å². The van der Waals surface area contributed by atoms with Gasteiger partial charge in [-0.05, 0) is 48.0 Å². The third kappa shape index (κ3) is 5.57. The number of carbonyl (C=O) groups excluding carboxylic acids is 2. The Morgan fingerprint density at radius 2 is 1.78 bits per heavy atom. The zero-order valence-electron chi connectivity index (χ0n) is 15.7. The second-order valence-electron chi connectivity index (χ2n) is 6.91. The summed E-state index contributed by atoms with van der Waals surface area (Å²) in [6.45, 7) is 5.47. The van der Waals surface area contributed by atoms with E-state index >= 15 is 0 Å². The predicted molar refractivity (Wildman–Crippen MR) is 104 cm³/mol. The third-order valence-electron chi connectivity index (χ3n) is 3.67. The second kappa shape index (κ2) is 8.35. The molecule has 2 aromatic carbocycles. The van der Waals surface area contributed by atoms with Gasteiger partial charge < -0.3 is 15.2 Å². The summed E-state index contributed by atoms with van der Waals surface area (Å²) in [5, 5.41) is 16.4. The maximum absolute atomic E-state index is 12.1. The number of aromatic hydroxyl groups is 1. The largest absolute Gasteiger partial charge is 0.504 e. The average Bonchev–Trinajstić information content (AvgIpc) is 2.61. The van der Waals surface area contributed by atoms with Crippen molar-refractivity contribution in [3.05, 3.63) is 53.6 Å². The molecule has 0 atom stereocenters. The lowest BCUT2D eigenvalue weighted by atomic mass is 9.95.